The molecule has 0 radical (unpaired) electrons. The number of hydrogen-bond donors (Lipinski definition) is 0. The number of carbonyl (C=O) groups excluding carboxylic acids is 1. The third-order valence-electron chi connectivity index (χ3n) is 4.38. The second-order valence-corrected chi connectivity index (χ2v) is 6.19. The van der Waals surface area contributed by atoms with Crippen LogP contribution in [0.25, 0.3) is 0 Å². The number of rotatable bonds is 2. The highest BCUT2D eigenvalue weighted by Crippen LogP contribution is 2.36. The first-order chi connectivity index (χ1) is 8.41. The van der Waals surface area contributed by atoms with Crippen LogP contribution in [0.15, 0.2) is 11.8 Å². The third kappa shape index (κ3) is 2.27. The highest BCUT2D eigenvalue weighted by Gasteiger charge is 2.38. The Labute approximate surface area is 110 Å². The molecule has 2 heterocycles. The van der Waals surface area contributed by atoms with Gasteiger partial charge < -0.3 is 9.64 Å². The van der Waals surface area contributed by atoms with Crippen molar-refractivity contribution in [3.63, 3.8) is 0 Å². The lowest BCUT2D eigenvalue weighted by Gasteiger charge is -2.40. The van der Waals surface area contributed by atoms with Gasteiger partial charge in [-0.25, -0.2) is 4.79 Å². The molecule has 0 aliphatic carbocycles. The van der Waals surface area contributed by atoms with E-state index in [2.05, 4.69) is 39.5 Å². The number of carbonyl (C=O) groups is 1. The van der Waals surface area contributed by atoms with Crippen LogP contribution in [0.1, 0.15) is 47.5 Å². The number of esters is 1. The molecule has 2 rings (SSSR count). The van der Waals surface area contributed by atoms with E-state index < -0.39 is 0 Å². The van der Waals surface area contributed by atoms with Crippen LogP contribution in [-0.4, -0.2) is 29.1 Å². The summed E-state index contributed by atoms with van der Waals surface area (Å²) >= 11 is 0. The van der Waals surface area contributed by atoms with E-state index in [1.165, 1.54) is 18.5 Å². The van der Waals surface area contributed by atoms with Crippen LogP contribution in [0.5, 0.6) is 0 Å². The Bertz CT molecular complexity index is 352. The van der Waals surface area contributed by atoms with Crippen LogP contribution in [0.3, 0.4) is 0 Å². The summed E-state index contributed by atoms with van der Waals surface area (Å²) in [4.78, 5) is 14.2. The molecule has 0 aromatic rings. The molecular formula is C15H25NO2. The van der Waals surface area contributed by atoms with Gasteiger partial charge in [0.05, 0.1) is 0 Å². The Kier molecular flexibility index (Phi) is 3.69. The van der Waals surface area contributed by atoms with Crippen molar-refractivity contribution in [2.24, 2.45) is 11.8 Å². The predicted octanol–water partition coefficient (Wildman–Crippen LogP) is 2.96. The fourth-order valence-corrected chi connectivity index (χ4v) is 3.42. The molecule has 0 amide bonds. The molecule has 1 saturated heterocycles. The minimum Gasteiger partial charge on any atom is -0.458 e. The van der Waals surface area contributed by atoms with Gasteiger partial charge in [0.25, 0.3) is 0 Å². The maximum atomic E-state index is 11.8. The molecule has 18 heavy (non-hydrogen) atoms. The lowest BCUT2D eigenvalue weighted by Crippen LogP contribution is -2.43. The molecule has 1 unspecified atom stereocenters. The molecule has 0 aromatic heterocycles. The first-order valence-electron chi connectivity index (χ1n) is 7.12. The zero-order chi connectivity index (χ0) is 13.4. The number of nitrogens with zero attached hydrogens (tertiary/aromatic N) is 1. The summed E-state index contributed by atoms with van der Waals surface area (Å²) in [5.41, 5.74) is 1.18. The van der Waals surface area contributed by atoms with E-state index in [4.69, 9.17) is 4.74 Å². The molecule has 4 atom stereocenters. The van der Waals surface area contributed by atoms with Crippen molar-refractivity contribution in [1.29, 1.82) is 0 Å². The summed E-state index contributed by atoms with van der Waals surface area (Å²) in [5.74, 6) is 0.486. The second-order valence-electron chi connectivity index (χ2n) is 6.19. The molecule has 0 N–H and O–H groups in total. The average Bonchev–Trinajstić information content (AvgIpc) is 2.61. The Morgan fingerprint density at radius 2 is 1.78 bits per heavy atom. The molecule has 1 fully saturated rings. The minimum absolute atomic E-state index is 0.0116. The van der Waals surface area contributed by atoms with Gasteiger partial charge in [0.2, 0.25) is 0 Å². The highest BCUT2D eigenvalue weighted by atomic mass is 16.5. The van der Waals surface area contributed by atoms with Crippen molar-refractivity contribution >= 4 is 5.97 Å². The number of cyclic esters (lactones) is 1. The SMILES string of the molecule is CC(C)C1OC(=O)C=C(N2[C@H](C)CC[C@H]2C)[C@H]1C. The fraction of sp³-hybridized carbons (Fsp3) is 0.800. The van der Waals surface area contributed by atoms with E-state index in [9.17, 15) is 4.79 Å². The van der Waals surface area contributed by atoms with Crippen LogP contribution in [-0.2, 0) is 9.53 Å². The van der Waals surface area contributed by atoms with E-state index in [0.29, 0.717) is 23.9 Å². The third-order valence-corrected chi connectivity index (χ3v) is 4.38. The Balaban J connectivity index is 2.28. The van der Waals surface area contributed by atoms with Gasteiger partial charge in [-0.3, -0.25) is 0 Å². The van der Waals surface area contributed by atoms with Gasteiger partial charge in [0.15, 0.2) is 0 Å². The van der Waals surface area contributed by atoms with E-state index in [0.717, 1.165) is 0 Å². The largest absolute Gasteiger partial charge is 0.458 e. The lowest BCUT2D eigenvalue weighted by molar-refractivity contribution is -0.150. The number of likely N-dealkylation sites (tertiary alicyclic amines) is 1. The van der Waals surface area contributed by atoms with Crippen molar-refractivity contribution in [3.8, 4) is 0 Å². The van der Waals surface area contributed by atoms with Crippen molar-refractivity contribution < 1.29 is 9.53 Å². The zero-order valence-electron chi connectivity index (χ0n) is 12.1. The molecule has 2 aliphatic rings. The Morgan fingerprint density at radius 1 is 1.22 bits per heavy atom. The average molecular weight is 251 g/mol. The van der Waals surface area contributed by atoms with Gasteiger partial charge in [-0.15, -0.1) is 0 Å². The molecule has 2 aliphatic heterocycles. The van der Waals surface area contributed by atoms with Crippen LogP contribution in [0.2, 0.25) is 0 Å². The molecule has 0 spiro atoms. The first kappa shape index (κ1) is 13.4. The molecule has 102 valence electrons. The normalized spacial score (nSPS) is 36.9. The maximum absolute atomic E-state index is 11.8. The lowest BCUT2D eigenvalue weighted by atomic mass is 9.89. The first-order valence-corrected chi connectivity index (χ1v) is 7.12. The fourth-order valence-electron chi connectivity index (χ4n) is 3.42. The van der Waals surface area contributed by atoms with Gasteiger partial charge in [-0.2, -0.15) is 0 Å². The van der Waals surface area contributed by atoms with E-state index in [1.54, 1.807) is 6.08 Å². The van der Waals surface area contributed by atoms with Gasteiger partial charge in [0, 0.05) is 29.8 Å². The van der Waals surface area contributed by atoms with Crippen molar-refractivity contribution in [2.45, 2.75) is 65.6 Å². The molecule has 0 saturated carbocycles. The van der Waals surface area contributed by atoms with E-state index >= 15 is 0 Å². The van der Waals surface area contributed by atoms with Gasteiger partial charge in [0.1, 0.15) is 6.10 Å². The number of ether oxygens (including phenoxy) is 1. The standard InChI is InChI=1S/C15H25NO2/c1-9(2)15-12(5)13(8-14(17)18-15)16-10(3)6-7-11(16)4/h8-12,15H,6-7H2,1-5H3/t10-,11-,12-,15?/m1/s1. The molecule has 3 heteroatoms. The van der Waals surface area contributed by atoms with Gasteiger partial charge >= 0.3 is 5.97 Å². The monoisotopic (exact) mass is 251 g/mol. The minimum atomic E-state index is -0.173. The summed E-state index contributed by atoms with van der Waals surface area (Å²) in [6.07, 6.45) is 4.15. The molecule has 0 bridgehead atoms. The maximum Gasteiger partial charge on any atom is 0.332 e. The van der Waals surface area contributed by atoms with Gasteiger partial charge in [-0.1, -0.05) is 20.8 Å². The molecule has 0 aromatic carbocycles. The topological polar surface area (TPSA) is 29.5 Å². The highest BCUT2D eigenvalue weighted by molar-refractivity contribution is 5.84. The number of hydrogen-bond acceptors (Lipinski definition) is 3. The predicted molar refractivity (Wildman–Crippen MR) is 72.0 cm³/mol. The van der Waals surface area contributed by atoms with Crippen molar-refractivity contribution in [3.05, 3.63) is 11.8 Å². The summed E-state index contributed by atoms with van der Waals surface area (Å²) in [5, 5.41) is 0. The van der Waals surface area contributed by atoms with Crippen LogP contribution >= 0.6 is 0 Å². The van der Waals surface area contributed by atoms with Gasteiger partial charge in [-0.05, 0) is 32.6 Å². The van der Waals surface area contributed by atoms with Crippen molar-refractivity contribution in [1.82, 2.24) is 4.90 Å². The quantitative estimate of drug-likeness (QED) is 0.707. The zero-order valence-corrected chi connectivity index (χ0v) is 12.1. The van der Waals surface area contributed by atoms with Crippen LogP contribution < -0.4 is 0 Å². The summed E-state index contributed by atoms with van der Waals surface area (Å²) < 4.78 is 5.48. The summed E-state index contributed by atoms with van der Waals surface area (Å²) in [7, 11) is 0. The molecule has 3 nitrogen and oxygen atoms in total. The van der Waals surface area contributed by atoms with Crippen LogP contribution in [0, 0.1) is 11.8 Å². The van der Waals surface area contributed by atoms with E-state index in [1.807, 2.05) is 0 Å². The Hall–Kier alpha value is -0.990. The molecular weight excluding hydrogens is 226 g/mol. The van der Waals surface area contributed by atoms with Crippen LogP contribution in [0.4, 0.5) is 0 Å². The summed E-state index contributed by atoms with van der Waals surface area (Å²) in [6.45, 7) is 10.9. The van der Waals surface area contributed by atoms with Crippen molar-refractivity contribution in [2.75, 3.05) is 0 Å². The second kappa shape index (κ2) is 4.94. The smallest absolute Gasteiger partial charge is 0.332 e. The Morgan fingerprint density at radius 3 is 2.28 bits per heavy atom. The van der Waals surface area contributed by atoms with E-state index in [-0.39, 0.29) is 12.1 Å². The summed E-state index contributed by atoms with van der Waals surface area (Å²) in [6, 6.07) is 1.07.